The second-order valence-electron chi connectivity index (χ2n) is 4.26. The Balaban J connectivity index is 2.47. The van der Waals surface area contributed by atoms with E-state index in [1.807, 2.05) is 44.2 Å². The van der Waals surface area contributed by atoms with Gasteiger partial charge in [0.15, 0.2) is 5.75 Å². The topological polar surface area (TPSA) is 29.5 Å². The number of fused-ring (bicyclic) bond motifs is 1. The van der Waals surface area contributed by atoms with E-state index in [-0.39, 0.29) is 6.09 Å². The Kier molecular flexibility index (Phi) is 5.05. The highest BCUT2D eigenvalue weighted by atomic mass is 79.9. The largest absolute Gasteiger partial charge is 0.415 e. The zero-order valence-electron chi connectivity index (χ0n) is 11.3. The van der Waals surface area contributed by atoms with Crippen molar-refractivity contribution in [2.45, 2.75) is 13.8 Å². The third-order valence-corrected chi connectivity index (χ3v) is 4.36. The van der Waals surface area contributed by atoms with Crippen LogP contribution in [0, 0.1) is 0 Å². The van der Waals surface area contributed by atoms with Gasteiger partial charge in [-0.1, -0.05) is 40.2 Å². The van der Waals surface area contributed by atoms with Crippen LogP contribution in [0.15, 0.2) is 39.3 Å². The molecule has 0 aliphatic rings. The van der Waals surface area contributed by atoms with Gasteiger partial charge in [-0.2, -0.15) is 0 Å². The van der Waals surface area contributed by atoms with Gasteiger partial charge in [0, 0.05) is 22.9 Å². The van der Waals surface area contributed by atoms with E-state index in [0.29, 0.717) is 18.8 Å². The number of amides is 1. The van der Waals surface area contributed by atoms with E-state index in [1.165, 1.54) is 0 Å². The number of nitrogens with zero attached hydrogens (tertiary/aromatic N) is 1. The van der Waals surface area contributed by atoms with Gasteiger partial charge in [0.1, 0.15) is 0 Å². The van der Waals surface area contributed by atoms with Crippen LogP contribution < -0.4 is 4.74 Å². The molecule has 106 valence electrons. The molecule has 20 heavy (non-hydrogen) atoms. The minimum Gasteiger partial charge on any atom is -0.408 e. The maximum absolute atomic E-state index is 12.1. The number of ether oxygens (including phenoxy) is 1. The number of halogens is 2. The van der Waals surface area contributed by atoms with Crippen LogP contribution in [0.5, 0.6) is 5.75 Å². The van der Waals surface area contributed by atoms with Crippen molar-refractivity contribution in [1.82, 2.24) is 4.90 Å². The standard InChI is InChI=1S/C15H15Br2NO2/c1-3-18(4-2)15(19)20-14-11-8-6-5-7-10(11)12(16)9-13(14)17/h5-9H,3-4H2,1-2H3. The Morgan fingerprint density at radius 1 is 1.10 bits per heavy atom. The SMILES string of the molecule is CCN(CC)C(=O)Oc1c(Br)cc(Br)c2ccccc12. The molecule has 0 N–H and O–H groups in total. The van der Waals surface area contributed by atoms with Crippen molar-refractivity contribution in [2.24, 2.45) is 0 Å². The number of hydrogen-bond acceptors (Lipinski definition) is 2. The van der Waals surface area contributed by atoms with Crippen molar-refractivity contribution >= 4 is 48.7 Å². The van der Waals surface area contributed by atoms with E-state index in [0.717, 1.165) is 19.7 Å². The van der Waals surface area contributed by atoms with Crippen molar-refractivity contribution in [3.63, 3.8) is 0 Å². The molecular formula is C15H15Br2NO2. The smallest absolute Gasteiger partial charge is 0.408 e. The molecule has 0 atom stereocenters. The van der Waals surface area contributed by atoms with Crippen LogP contribution >= 0.6 is 31.9 Å². The molecule has 0 aliphatic heterocycles. The summed E-state index contributed by atoms with van der Waals surface area (Å²) < 4.78 is 7.29. The number of carbonyl (C=O) groups is 1. The molecule has 0 saturated carbocycles. The predicted molar refractivity (Wildman–Crippen MR) is 88.3 cm³/mol. The highest BCUT2D eigenvalue weighted by Crippen LogP contribution is 2.38. The average molecular weight is 401 g/mol. The predicted octanol–water partition coefficient (Wildman–Crippen LogP) is 5.21. The molecular weight excluding hydrogens is 386 g/mol. The maximum Gasteiger partial charge on any atom is 0.415 e. The van der Waals surface area contributed by atoms with E-state index < -0.39 is 0 Å². The summed E-state index contributed by atoms with van der Waals surface area (Å²) in [6, 6.07) is 9.70. The van der Waals surface area contributed by atoms with E-state index >= 15 is 0 Å². The summed E-state index contributed by atoms with van der Waals surface area (Å²) >= 11 is 6.99. The average Bonchev–Trinajstić information content (AvgIpc) is 2.45. The normalized spacial score (nSPS) is 10.6. The lowest BCUT2D eigenvalue weighted by atomic mass is 10.1. The van der Waals surface area contributed by atoms with Gasteiger partial charge in [0.05, 0.1) is 4.47 Å². The Labute approximate surface area is 135 Å². The van der Waals surface area contributed by atoms with Crippen LogP contribution in [0.25, 0.3) is 10.8 Å². The molecule has 2 aromatic rings. The summed E-state index contributed by atoms with van der Waals surface area (Å²) in [5.74, 6) is 0.556. The van der Waals surface area contributed by atoms with E-state index in [2.05, 4.69) is 31.9 Å². The second kappa shape index (κ2) is 6.59. The minimum absolute atomic E-state index is 0.330. The van der Waals surface area contributed by atoms with Crippen molar-refractivity contribution in [3.8, 4) is 5.75 Å². The molecule has 0 spiro atoms. The van der Waals surface area contributed by atoms with Gasteiger partial charge in [-0.15, -0.1) is 0 Å². The Morgan fingerprint density at radius 2 is 1.70 bits per heavy atom. The second-order valence-corrected chi connectivity index (χ2v) is 5.96. The van der Waals surface area contributed by atoms with Crippen molar-refractivity contribution < 1.29 is 9.53 Å². The lowest BCUT2D eigenvalue weighted by Crippen LogP contribution is -2.33. The first-order valence-corrected chi connectivity index (χ1v) is 8.00. The van der Waals surface area contributed by atoms with Crippen molar-refractivity contribution in [3.05, 3.63) is 39.3 Å². The molecule has 0 saturated heterocycles. The van der Waals surface area contributed by atoms with Crippen LogP contribution in [-0.2, 0) is 0 Å². The van der Waals surface area contributed by atoms with Gasteiger partial charge in [-0.25, -0.2) is 4.79 Å². The molecule has 0 fully saturated rings. The summed E-state index contributed by atoms with van der Waals surface area (Å²) in [4.78, 5) is 13.8. The molecule has 0 bridgehead atoms. The van der Waals surface area contributed by atoms with Crippen LogP contribution in [0.3, 0.4) is 0 Å². The van der Waals surface area contributed by atoms with Crippen LogP contribution in [0.4, 0.5) is 4.79 Å². The van der Waals surface area contributed by atoms with Crippen LogP contribution in [0.2, 0.25) is 0 Å². The molecule has 0 heterocycles. The Bertz CT molecular complexity index is 639. The zero-order chi connectivity index (χ0) is 14.7. The first kappa shape index (κ1) is 15.3. The third kappa shape index (κ3) is 2.99. The third-order valence-electron chi connectivity index (χ3n) is 3.11. The fourth-order valence-corrected chi connectivity index (χ4v) is 3.42. The van der Waals surface area contributed by atoms with Crippen molar-refractivity contribution in [2.75, 3.05) is 13.1 Å². The van der Waals surface area contributed by atoms with Crippen LogP contribution in [0.1, 0.15) is 13.8 Å². The van der Waals surface area contributed by atoms with Gasteiger partial charge in [-0.3, -0.25) is 0 Å². The Hall–Kier alpha value is -1.07. The highest BCUT2D eigenvalue weighted by Gasteiger charge is 2.17. The molecule has 2 aromatic carbocycles. The molecule has 0 aliphatic carbocycles. The van der Waals surface area contributed by atoms with E-state index in [9.17, 15) is 4.79 Å². The van der Waals surface area contributed by atoms with Gasteiger partial charge < -0.3 is 9.64 Å². The molecule has 2 rings (SSSR count). The lowest BCUT2D eigenvalue weighted by molar-refractivity contribution is 0.157. The Morgan fingerprint density at radius 3 is 2.30 bits per heavy atom. The first-order valence-electron chi connectivity index (χ1n) is 6.42. The molecule has 0 aromatic heterocycles. The number of rotatable bonds is 3. The minimum atomic E-state index is -0.330. The van der Waals surface area contributed by atoms with Gasteiger partial charge >= 0.3 is 6.09 Å². The summed E-state index contributed by atoms with van der Waals surface area (Å²) in [6.45, 7) is 5.11. The molecule has 5 heteroatoms. The summed E-state index contributed by atoms with van der Waals surface area (Å²) in [6.07, 6.45) is -0.330. The summed E-state index contributed by atoms with van der Waals surface area (Å²) in [5, 5.41) is 1.91. The fraction of sp³-hybridized carbons (Fsp3) is 0.267. The highest BCUT2D eigenvalue weighted by molar-refractivity contribution is 9.11. The van der Waals surface area contributed by atoms with E-state index in [1.54, 1.807) is 4.90 Å². The number of benzene rings is 2. The quantitative estimate of drug-likeness (QED) is 0.707. The number of carbonyl (C=O) groups excluding carboxylic acids is 1. The monoisotopic (exact) mass is 399 g/mol. The summed E-state index contributed by atoms with van der Waals surface area (Å²) in [7, 11) is 0. The molecule has 3 nitrogen and oxygen atoms in total. The number of hydrogen-bond donors (Lipinski definition) is 0. The molecule has 1 amide bonds. The van der Waals surface area contributed by atoms with E-state index in [4.69, 9.17) is 4.74 Å². The first-order chi connectivity index (χ1) is 9.58. The lowest BCUT2D eigenvalue weighted by Gasteiger charge is -2.19. The summed E-state index contributed by atoms with van der Waals surface area (Å²) in [5.41, 5.74) is 0. The van der Waals surface area contributed by atoms with Crippen LogP contribution in [-0.4, -0.2) is 24.1 Å². The van der Waals surface area contributed by atoms with Gasteiger partial charge in [0.2, 0.25) is 0 Å². The van der Waals surface area contributed by atoms with Gasteiger partial charge in [-0.05, 0) is 41.2 Å². The molecule has 0 radical (unpaired) electrons. The molecule has 0 unspecified atom stereocenters. The zero-order valence-corrected chi connectivity index (χ0v) is 14.5. The maximum atomic E-state index is 12.1. The van der Waals surface area contributed by atoms with Gasteiger partial charge in [0.25, 0.3) is 0 Å². The van der Waals surface area contributed by atoms with Crippen molar-refractivity contribution in [1.29, 1.82) is 0 Å². The fourth-order valence-electron chi connectivity index (χ4n) is 2.01.